The summed E-state index contributed by atoms with van der Waals surface area (Å²) in [4.78, 5) is 38.5. The standard InChI is InChI=1S/C26H26ClN5O2S2/c1-3-29-11-13-30(14-12-29)23-19(24(33)31-10-6-7-17(2)22(31)28-23)15-21-25(34)32(26(35)36-21)16-18-8-4-5-9-20(18)27/h4-10,15H,3,11-14,16H2,1-2H3/b21-15-. The lowest BCUT2D eigenvalue weighted by Crippen LogP contribution is -2.47. The number of likely N-dealkylation sites (N-methyl/N-ethyl adjacent to an activating group) is 1. The van der Waals surface area contributed by atoms with E-state index < -0.39 is 0 Å². The molecular formula is C26H26ClN5O2S2. The van der Waals surface area contributed by atoms with E-state index in [4.69, 9.17) is 28.8 Å². The van der Waals surface area contributed by atoms with Crippen molar-refractivity contribution in [3.8, 4) is 0 Å². The number of piperazine rings is 1. The number of hydrogen-bond donors (Lipinski definition) is 0. The molecule has 2 aliphatic rings. The maximum absolute atomic E-state index is 13.7. The summed E-state index contributed by atoms with van der Waals surface area (Å²) >= 11 is 13.1. The number of pyridine rings is 1. The molecule has 0 atom stereocenters. The van der Waals surface area contributed by atoms with Crippen molar-refractivity contribution in [2.75, 3.05) is 37.6 Å². The van der Waals surface area contributed by atoms with Crippen molar-refractivity contribution in [1.82, 2.24) is 19.2 Å². The van der Waals surface area contributed by atoms with Gasteiger partial charge in [-0.3, -0.25) is 18.9 Å². The van der Waals surface area contributed by atoms with Gasteiger partial charge in [0.15, 0.2) is 0 Å². The van der Waals surface area contributed by atoms with Crippen molar-refractivity contribution in [3.63, 3.8) is 0 Å². The van der Waals surface area contributed by atoms with Crippen LogP contribution in [0.25, 0.3) is 11.7 Å². The molecule has 0 bridgehead atoms. The molecule has 0 aliphatic carbocycles. The molecule has 0 saturated carbocycles. The van der Waals surface area contributed by atoms with Gasteiger partial charge in [-0.25, -0.2) is 4.98 Å². The Bertz CT molecular complexity index is 1450. The number of carbonyl (C=O) groups is 1. The van der Waals surface area contributed by atoms with Crippen molar-refractivity contribution in [3.05, 3.63) is 79.6 Å². The molecule has 3 aromatic rings. The van der Waals surface area contributed by atoms with Gasteiger partial charge in [-0.1, -0.05) is 66.8 Å². The van der Waals surface area contributed by atoms with Crippen molar-refractivity contribution in [2.24, 2.45) is 0 Å². The first kappa shape index (κ1) is 25.0. The topological polar surface area (TPSA) is 61.2 Å². The highest BCUT2D eigenvalue weighted by Gasteiger charge is 2.33. The van der Waals surface area contributed by atoms with Gasteiger partial charge in [-0.05, 0) is 42.8 Å². The SMILES string of the molecule is CCN1CCN(c2nc3c(C)cccn3c(=O)c2/C=C2\SC(=S)N(Cc3ccccc3Cl)C2=O)CC1. The zero-order valence-electron chi connectivity index (χ0n) is 20.1. The molecule has 1 amide bonds. The van der Waals surface area contributed by atoms with Gasteiger partial charge in [-0.2, -0.15) is 0 Å². The Labute approximate surface area is 224 Å². The van der Waals surface area contributed by atoms with Gasteiger partial charge in [0.05, 0.1) is 17.0 Å². The molecular weight excluding hydrogens is 514 g/mol. The van der Waals surface area contributed by atoms with Crippen molar-refractivity contribution in [2.45, 2.75) is 20.4 Å². The van der Waals surface area contributed by atoms with Crippen molar-refractivity contribution >= 4 is 63.3 Å². The van der Waals surface area contributed by atoms with E-state index in [1.54, 1.807) is 22.7 Å². The molecule has 2 saturated heterocycles. The van der Waals surface area contributed by atoms with Crippen LogP contribution < -0.4 is 10.5 Å². The Morgan fingerprint density at radius 2 is 1.86 bits per heavy atom. The van der Waals surface area contributed by atoms with Gasteiger partial charge in [0.25, 0.3) is 11.5 Å². The third-order valence-electron chi connectivity index (χ3n) is 6.62. The third kappa shape index (κ3) is 4.68. The molecule has 36 heavy (non-hydrogen) atoms. The van der Waals surface area contributed by atoms with E-state index in [1.807, 2.05) is 37.3 Å². The number of anilines is 1. The average molecular weight is 540 g/mol. The van der Waals surface area contributed by atoms with Gasteiger partial charge in [0.2, 0.25) is 0 Å². The maximum Gasteiger partial charge on any atom is 0.267 e. The van der Waals surface area contributed by atoms with Crippen molar-refractivity contribution < 1.29 is 4.79 Å². The Morgan fingerprint density at radius 1 is 1.11 bits per heavy atom. The van der Waals surface area contributed by atoms with Crippen LogP contribution in [-0.2, 0) is 11.3 Å². The fraction of sp³-hybridized carbons (Fsp3) is 0.308. The molecule has 2 aliphatic heterocycles. The van der Waals surface area contributed by atoms with E-state index in [0.717, 1.165) is 43.9 Å². The number of benzene rings is 1. The number of hydrogen-bond acceptors (Lipinski definition) is 7. The second-order valence-electron chi connectivity index (χ2n) is 8.82. The number of fused-ring (bicyclic) bond motifs is 1. The van der Waals surface area contributed by atoms with E-state index in [0.29, 0.717) is 31.3 Å². The molecule has 0 unspecified atom stereocenters. The van der Waals surface area contributed by atoms with E-state index in [1.165, 1.54) is 16.7 Å². The molecule has 0 spiro atoms. The summed E-state index contributed by atoms with van der Waals surface area (Å²) in [5, 5.41) is 0.580. The minimum Gasteiger partial charge on any atom is -0.353 e. The van der Waals surface area contributed by atoms with Gasteiger partial charge in [0, 0.05) is 37.4 Å². The molecule has 7 nitrogen and oxygen atoms in total. The maximum atomic E-state index is 13.7. The number of thiocarbonyl (C=S) groups is 1. The highest BCUT2D eigenvalue weighted by atomic mass is 35.5. The fourth-order valence-electron chi connectivity index (χ4n) is 4.51. The molecule has 0 radical (unpaired) electrons. The van der Waals surface area contributed by atoms with Gasteiger partial charge < -0.3 is 9.80 Å². The van der Waals surface area contributed by atoms with E-state index in [2.05, 4.69) is 16.7 Å². The number of rotatable bonds is 5. The zero-order chi connectivity index (χ0) is 25.4. The van der Waals surface area contributed by atoms with Crippen LogP contribution in [0.4, 0.5) is 5.82 Å². The number of carbonyl (C=O) groups excluding carboxylic acids is 1. The van der Waals surface area contributed by atoms with Crippen LogP contribution in [0.5, 0.6) is 0 Å². The number of halogens is 1. The lowest BCUT2D eigenvalue weighted by atomic mass is 10.2. The molecule has 186 valence electrons. The third-order valence-corrected chi connectivity index (χ3v) is 8.37. The molecule has 2 fully saturated rings. The van der Waals surface area contributed by atoms with Gasteiger partial charge in [0.1, 0.15) is 15.8 Å². The number of aromatic nitrogens is 2. The minimum absolute atomic E-state index is 0.201. The summed E-state index contributed by atoms with van der Waals surface area (Å²) in [7, 11) is 0. The molecule has 0 N–H and O–H groups in total. The first-order chi connectivity index (χ1) is 17.4. The first-order valence-electron chi connectivity index (χ1n) is 11.9. The first-order valence-corrected chi connectivity index (χ1v) is 13.5. The van der Waals surface area contributed by atoms with Crippen LogP contribution in [-0.4, -0.2) is 62.1 Å². The summed E-state index contributed by atoms with van der Waals surface area (Å²) in [5.74, 6) is 0.377. The fourth-order valence-corrected chi connectivity index (χ4v) is 5.94. The molecule has 10 heteroatoms. The van der Waals surface area contributed by atoms with Crippen molar-refractivity contribution in [1.29, 1.82) is 0 Å². The highest BCUT2D eigenvalue weighted by Crippen LogP contribution is 2.35. The van der Waals surface area contributed by atoms with Gasteiger partial charge >= 0.3 is 0 Å². The summed E-state index contributed by atoms with van der Waals surface area (Å²) < 4.78 is 1.99. The normalized spacial score (nSPS) is 18.1. The number of amides is 1. The summed E-state index contributed by atoms with van der Waals surface area (Å²) in [6.07, 6.45) is 3.38. The molecule has 5 rings (SSSR count). The summed E-state index contributed by atoms with van der Waals surface area (Å²) in [6, 6.07) is 11.2. The quantitative estimate of drug-likeness (QED) is 0.356. The van der Waals surface area contributed by atoms with Gasteiger partial charge in [-0.15, -0.1) is 0 Å². The Balaban J connectivity index is 1.56. The van der Waals surface area contributed by atoms with Crippen LogP contribution in [0, 0.1) is 6.92 Å². The molecule has 1 aromatic carbocycles. The van der Waals surface area contributed by atoms with Crippen LogP contribution in [0.1, 0.15) is 23.6 Å². The monoisotopic (exact) mass is 539 g/mol. The smallest absolute Gasteiger partial charge is 0.267 e. The van der Waals surface area contributed by atoms with Crippen LogP contribution in [0.15, 0.2) is 52.3 Å². The van der Waals surface area contributed by atoms with E-state index in [-0.39, 0.29) is 18.0 Å². The zero-order valence-corrected chi connectivity index (χ0v) is 22.5. The number of aryl methyl sites for hydroxylation is 1. The lowest BCUT2D eigenvalue weighted by Gasteiger charge is -2.35. The molecule has 2 aromatic heterocycles. The average Bonchev–Trinajstić information content (AvgIpc) is 3.14. The largest absolute Gasteiger partial charge is 0.353 e. The van der Waals surface area contributed by atoms with E-state index >= 15 is 0 Å². The summed E-state index contributed by atoms with van der Waals surface area (Å²) in [5.41, 5.74) is 2.56. The second kappa shape index (κ2) is 10.3. The predicted molar refractivity (Wildman–Crippen MR) is 151 cm³/mol. The predicted octanol–water partition coefficient (Wildman–Crippen LogP) is 4.20. The Hall–Kier alpha value is -2.72. The Morgan fingerprint density at radius 3 is 2.58 bits per heavy atom. The van der Waals surface area contributed by atoms with E-state index in [9.17, 15) is 9.59 Å². The lowest BCUT2D eigenvalue weighted by molar-refractivity contribution is -0.122. The van der Waals surface area contributed by atoms with Crippen LogP contribution in [0.3, 0.4) is 0 Å². The minimum atomic E-state index is -0.236. The summed E-state index contributed by atoms with van der Waals surface area (Å²) in [6.45, 7) is 8.67. The number of nitrogens with zero attached hydrogens (tertiary/aromatic N) is 5. The Kier molecular flexibility index (Phi) is 7.16. The number of thioether (sulfide) groups is 1. The molecule has 4 heterocycles. The highest BCUT2D eigenvalue weighted by molar-refractivity contribution is 8.26. The second-order valence-corrected chi connectivity index (χ2v) is 10.9. The van der Waals surface area contributed by atoms with Crippen LogP contribution >= 0.6 is 35.6 Å². The van der Waals surface area contributed by atoms with Crippen LogP contribution in [0.2, 0.25) is 5.02 Å².